The molecule has 110 valence electrons. The molecule has 4 heteroatoms. The molecule has 2 N–H and O–H groups in total. The van der Waals surface area contributed by atoms with Crippen molar-refractivity contribution in [2.75, 3.05) is 13.1 Å². The molecule has 1 aliphatic rings. The first-order valence-electron chi connectivity index (χ1n) is 7.48. The van der Waals surface area contributed by atoms with Crippen molar-refractivity contribution in [3.63, 3.8) is 0 Å². The van der Waals surface area contributed by atoms with Crippen LogP contribution in [0.3, 0.4) is 0 Å². The van der Waals surface area contributed by atoms with Gasteiger partial charge in [-0.3, -0.25) is 4.79 Å². The Labute approximate surface area is 129 Å². The fourth-order valence-electron chi connectivity index (χ4n) is 2.64. The number of nitrogens with one attached hydrogen (secondary N) is 2. The van der Waals surface area contributed by atoms with Crippen LogP contribution in [0.15, 0.2) is 42.5 Å². The molecule has 0 saturated carbocycles. The number of carbonyl (C=O) groups excluding carboxylic acids is 1. The first-order chi connectivity index (χ1) is 10.3. The Bertz CT molecular complexity index is 588. The van der Waals surface area contributed by atoms with Crippen molar-refractivity contribution in [1.29, 1.82) is 0 Å². The Morgan fingerprint density at radius 2 is 2.10 bits per heavy atom. The molecule has 2 aromatic rings. The number of hydrogen-bond acceptors (Lipinski definition) is 3. The number of rotatable bonds is 5. The van der Waals surface area contributed by atoms with Gasteiger partial charge in [-0.1, -0.05) is 30.3 Å². The van der Waals surface area contributed by atoms with Gasteiger partial charge < -0.3 is 10.6 Å². The third kappa shape index (κ3) is 3.71. The molecule has 1 fully saturated rings. The van der Waals surface area contributed by atoms with Crippen LogP contribution >= 0.6 is 11.3 Å². The van der Waals surface area contributed by atoms with Crippen LogP contribution in [0.4, 0.5) is 0 Å². The maximum absolute atomic E-state index is 12.1. The summed E-state index contributed by atoms with van der Waals surface area (Å²) in [7, 11) is 0. The van der Waals surface area contributed by atoms with E-state index in [0.717, 1.165) is 17.8 Å². The van der Waals surface area contributed by atoms with Crippen LogP contribution in [-0.2, 0) is 6.42 Å². The second-order valence-electron chi connectivity index (χ2n) is 5.34. The van der Waals surface area contributed by atoms with Gasteiger partial charge in [0.2, 0.25) is 0 Å². The Hall–Kier alpha value is -1.65. The number of thiophene rings is 1. The zero-order chi connectivity index (χ0) is 14.5. The number of hydrogen-bond donors (Lipinski definition) is 2. The fraction of sp³-hybridized carbons (Fsp3) is 0.353. The standard InChI is InChI=1S/C17H20N2OS/c20-17(19-12-10-13-5-2-1-3-6-13)16-9-8-15(21-16)14-7-4-11-18-14/h1-3,5-6,8-9,14,18H,4,7,10-12H2,(H,19,20). The number of benzene rings is 1. The molecule has 1 saturated heterocycles. The number of carbonyl (C=O) groups is 1. The topological polar surface area (TPSA) is 41.1 Å². The van der Waals surface area contributed by atoms with Gasteiger partial charge in [-0.2, -0.15) is 0 Å². The molecule has 1 aliphatic heterocycles. The number of amides is 1. The van der Waals surface area contributed by atoms with E-state index in [0.29, 0.717) is 12.6 Å². The van der Waals surface area contributed by atoms with Gasteiger partial charge in [-0.25, -0.2) is 0 Å². The average molecular weight is 300 g/mol. The Morgan fingerprint density at radius 3 is 2.86 bits per heavy atom. The molecule has 2 heterocycles. The smallest absolute Gasteiger partial charge is 0.261 e. The lowest BCUT2D eigenvalue weighted by Gasteiger charge is -2.06. The van der Waals surface area contributed by atoms with Crippen LogP contribution in [0.25, 0.3) is 0 Å². The maximum Gasteiger partial charge on any atom is 0.261 e. The Balaban J connectivity index is 1.51. The highest BCUT2D eigenvalue weighted by atomic mass is 32.1. The summed E-state index contributed by atoms with van der Waals surface area (Å²) in [6.45, 7) is 1.76. The first-order valence-corrected chi connectivity index (χ1v) is 8.30. The van der Waals surface area contributed by atoms with E-state index in [1.807, 2.05) is 24.3 Å². The van der Waals surface area contributed by atoms with Crippen molar-refractivity contribution < 1.29 is 4.79 Å². The Kier molecular flexibility index (Phi) is 4.68. The van der Waals surface area contributed by atoms with E-state index in [2.05, 4.69) is 28.8 Å². The van der Waals surface area contributed by atoms with Gasteiger partial charge in [0.25, 0.3) is 5.91 Å². The first kappa shape index (κ1) is 14.3. The second-order valence-corrected chi connectivity index (χ2v) is 6.46. The summed E-state index contributed by atoms with van der Waals surface area (Å²) >= 11 is 1.61. The van der Waals surface area contributed by atoms with E-state index in [9.17, 15) is 4.79 Å². The molecule has 0 spiro atoms. The van der Waals surface area contributed by atoms with Crippen LogP contribution < -0.4 is 10.6 Å². The molecular weight excluding hydrogens is 280 g/mol. The molecule has 0 aliphatic carbocycles. The summed E-state index contributed by atoms with van der Waals surface area (Å²) in [6, 6.07) is 14.7. The lowest BCUT2D eigenvalue weighted by atomic mass is 10.1. The van der Waals surface area contributed by atoms with Gasteiger partial charge in [0, 0.05) is 17.5 Å². The van der Waals surface area contributed by atoms with Gasteiger partial charge in [-0.05, 0) is 43.5 Å². The molecule has 1 unspecified atom stereocenters. The summed E-state index contributed by atoms with van der Waals surface area (Å²) in [5.41, 5.74) is 1.25. The molecule has 0 radical (unpaired) electrons. The fourth-order valence-corrected chi connectivity index (χ4v) is 3.68. The maximum atomic E-state index is 12.1. The predicted molar refractivity (Wildman–Crippen MR) is 86.8 cm³/mol. The summed E-state index contributed by atoms with van der Waals surface area (Å²) < 4.78 is 0. The lowest BCUT2D eigenvalue weighted by Crippen LogP contribution is -2.24. The molecule has 3 rings (SSSR count). The third-order valence-electron chi connectivity index (χ3n) is 3.80. The van der Waals surface area contributed by atoms with E-state index in [4.69, 9.17) is 0 Å². The van der Waals surface area contributed by atoms with Crippen molar-refractivity contribution >= 4 is 17.2 Å². The highest BCUT2D eigenvalue weighted by molar-refractivity contribution is 7.14. The van der Waals surface area contributed by atoms with Gasteiger partial charge in [0.15, 0.2) is 0 Å². The third-order valence-corrected chi connectivity index (χ3v) is 4.99. The lowest BCUT2D eigenvalue weighted by molar-refractivity contribution is 0.0958. The molecule has 1 aromatic carbocycles. The summed E-state index contributed by atoms with van der Waals surface area (Å²) in [5.74, 6) is 0.0418. The van der Waals surface area contributed by atoms with Crippen molar-refractivity contribution in [2.24, 2.45) is 0 Å². The normalized spacial score (nSPS) is 17.8. The van der Waals surface area contributed by atoms with Gasteiger partial charge in [0.05, 0.1) is 4.88 Å². The summed E-state index contributed by atoms with van der Waals surface area (Å²) in [5, 5.41) is 6.47. The quantitative estimate of drug-likeness (QED) is 0.890. The van der Waals surface area contributed by atoms with Gasteiger partial charge in [0.1, 0.15) is 0 Å². The van der Waals surface area contributed by atoms with Gasteiger partial charge >= 0.3 is 0 Å². The van der Waals surface area contributed by atoms with Crippen molar-refractivity contribution in [2.45, 2.75) is 25.3 Å². The molecule has 0 bridgehead atoms. The van der Waals surface area contributed by atoms with Crippen LogP contribution in [-0.4, -0.2) is 19.0 Å². The predicted octanol–water partition coefficient (Wildman–Crippen LogP) is 3.15. The average Bonchev–Trinajstić information content (AvgIpc) is 3.19. The largest absolute Gasteiger partial charge is 0.351 e. The van der Waals surface area contributed by atoms with Crippen molar-refractivity contribution in [3.05, 3.63) is 57.8 Å². The van der Waals surface area contributed by atoms with Crippen LogP contribution in [0.1, 0.15) is 39.0 Å². The van der Waals surface area contributed by atoms with E-state index in [-0.39, 0.29) is 5.91 Å². The molecule has 1 atom stereocenters. The monoisotopic (exact) mass is 300 g/mol. The van der Waals surface area contributed by atoms with E-state index in [1.165, 1.54) is 23.3 Å². The molecule has 1 aromatic heterocycles. The molecule has 1 amide bonds. The molecule has 3 nitrogen and oxygen atoms in total. The molecular formula is C17H20N2OS. The van der Waals surface area contributed by atoms with E-state index >= 15 is 0 Å². The highest BCUT2D eigenvalue weighted by Crippen LogP contribution is 2.29. The minimum atomic E-state index is 0.0418. The van der Waals surface area contributed by atoms with E-state index in [1.54, 1.807) is 11.3 Å². The summed E-state index contributed by atoms with van der Waals surface area (Å²) in [4.78, 5) is 14.2. The van der Waals surface area contributed by atoms with Crippen molar-refractivity contribution in [1.82, 2.24) is 10.6 Å². The van der Waals surface area contributed by atoms with Crippen LogP contribution in [0.5, 0.6) is 0 Å². The SMILES string of the molecule is O=C(NCCc1ccccc1)c1ccc(C2CCCN2)s1. The second kappa shape index (κ2) is 6.87. The minimum Gasteiger partial charge on any atom is -0.351 e. The summed E-state index contributed by atoms with van der Waals surface area (Å²) in [6.07, 6.45) is 3.27. The zero-order valence-electron chi connectivity index (χ0n) is 12.0. The van der Waals surface area contributed by atoms with Crippen LogP contribution in [0, 0.1) is 0 Å². The minimum absolute atomic E-state index is 0.0418. The zero-order valence-corrected chi connectivity index (χ0v) is 12.8. The molecule has 21 heavy (non-hydrogen) atoms. The Morgan fingerprint density at radius 1 is 1.24 bits per heavy atom. The van der Waals surface area contributed by atoms with Crippen LogP contribution in [0.2, 0.25) is 0 Å². The van der Waals surface area contributed by atoms with E-state index < -0.39 is 0 Å². The van der Waals surface area contributed by atoms with Gasteiger partial charge in [-0.15, -0.1) is 11.3 Å². The highest BCUT2D eigenvalue weighted by Gasteiger charge is 2.19. The van der Waals surface area contributed by atoms with Crippen molar-refractivity contribution in [3.8, 4) is 0 Å².